The number of carboxylic acid groups (broad SMARTS) is 1. The number of aliphatic carboxylic acids is 1. The van der Waals surface area contributed by atoms with Gasteiger partial charge in [0.1, 0.15) is 5.75 Å². The normalized spacial score (nSPS) is 10.6. The zero-order chi connectivity index (χ0) is 32.0. The van der Waals surface area contributed by atoms with E-state index in [0.717, 1.165) is 16.7 Å². The van der Waals surface area contributed by atoms with Crippen molar-refractivity contribution in [1.29, 1.82) is 0 Å². The van der Waals surface area contributed by atoms with Crippen molar-refractivity contribution in [2.24, 2.45) is 5.73 Å². The van der Waals surface area contributed by atoms with Gasteiger partial charge in [-0.3, -0.25) is 9.59 Å². The highest BCUT2D eigenvalue weighted by molar-refractivity contribution is 5.96. The van der Waals surface area contributed by atoms with Gasteiger partial charge in [0, 0.05) is 25.9 Å². The van der Waals surface area contributed by atoms with Gasteiger partial charge in [-0.25, -0.2) is 4.79 Å². The molecule has 4 aromatic rings. The fraction of sp³-hybridized carbons (Fsp3) is 0.182. The second-order valence-electron chi connectivity index (χ2n) is 9.45. The number of carboxylic acids is 1. The maximum Gasteiger partial charge on any atom is 0.490 e. The predicted octanol–water partition coefficient (Wildman–Crippen LogP) is 6.20. The molecule has 0 aliphatic rings. The molecule has 4 aromatic carbocycles. The summed E-state index contributed by atoms with van der Waals surface area (Å²) in [5.74, 6) is -1.89. The highest BCUT2D eigenvalue weighted by Crippen LogP contribution is 2.34. The topological polar surface area (TPSA) is 122 Å². The number of ether oxygens (including phenoxy) is 1. The highest BCUT2D eigenvalue weighted by Gasteiger charge is 2.38. The molecule has 2 amide bonds. The zero-order valence-corrected chi connectivity index (χ0v) is 23.7. The van der Waals surface area contributed by atoms with E-state index < -0.39 is 12.1 Å². The molecule has 230 valence electrons. The number of anilines is 1. The molecule has 0 atom stereocenters. The number of nitrogens with one attached hydrogen (secondary N) is 1. The van der Waals surface area contributed by atoms with E-state index in [9.17, 15) is 22.8 Å². The van der Waals surface area contributed by atoms with Crippen molar-refractivity contribution in [2.45, 2.75) is 38.7 Å². The Bertz CT molecular complexity index is 1520. The number of nitrogens with zero attached hydrogens (tertiary/aromatic N) is 1. The van der Waals surface area contributed by atoms with Crippen molar-refractivity contribution >= 4 is 23.5 Å². The van der Waals surface area contributed by atoms with Crippen LogP contribution in [0.2, 0.25) is 0 Å². The molecule has 0 radical (unpaired) electrons. The molecule has 8 nitrogen and oxygen atoms in total. The molecule has 0 heterocycles. The van der Waals surface area contributed by atoms with Gasteiger partial charge in [-0.05, 0) is 41.0 Å². The Balaban J connectivity index is 0.000000676. The molecule has 0 spiro atoms. The van der Waals surface area contributed by atoms with Crippen molar-refractivity contribution in [2.75, 3.05) is 4.90 Å². The number of halogens is 3. The van der Waals surface area contributed by atoms with Crippen molar-refractivity contribution in [3.05, 3.63) is 126 Å². The monoisotopic (exact) mass is 607 g/mol. The summed E-state index contributed by atoms with van der Waals surface area (Å²) in [4.78, 5) is 36.6. The van der Waals surface area contributed by atoms with Crippen LogP contribution in [0.25, 0.3) is 0 Å². The minimum atomic E-state index is -5.08. The summed E-state index contributed by atoms with van der Waals surface area (Å²) in [6, 6.07) is 34.5. The SMILES string of the molecule is NCc1cccc(Oc2ccccc2N(Cc2ccccc2)C(=O)CCC(=O)NCc2ccccc2)c1.O=C(O)C(F)(F)F. The number of para-hydroxylation sites is 2. The molecule has 0 aliphatic heterocycles. The predicted molar refractivity (Wildman–Crippen MR) is 160 cm³/mol. The number of benzene rings is 4. The third-order valence-corrected chi connectivity index (χ3v) is 6.14. The Morgan fingerprint density at radius 1 is 0.773 bits per heavy atom. The molecule has 0 saturated heterocycles. The smallest absolute Gasteiger partial charge is 0.475 e. The molecule has 4 rings (SSSR count). The van der Waals surface area contributed by atoms with Crippen LogP contribution in [-0.2, 0) is 34.0 Å². The molecule has 0 saturated carbocycles. The van der Waals surface area contributed by atoms with Crippen LogP contribution in [0, 0.1) is 0 Å². The van der Waals surface area contributed by atoms with E-state index in [1.807, 2.05) is 109 Å². The maximum atomic E-state index is 13.5. The van der Waals surface area contributed by atoms with E-state index in [1.165, 1.54) is 0 Å². The van der Waals surface area contributed by atoms with E-state index >= 15 is 0 Å². The number of amides is 2. The lowest BCUT2D eigenvalue weighted by molar-refractivity contribution is -0.192. The van der Waals surface area contributed by atoms with Crippen molar-refractivity contribution in [3.8, 4) is 11.5 Å². The van der Waals surface area contributed by atoms with Crippen LogP contribution in [0.3, 0.4) is 0 Å². The molecule has 4 N–H and O–H groups in total. The van der Waals surface area contributed by atoms with Gasteiger partial charge in [0.25, 0.3) is 0 Å². The number of rotatable bonds is 11. The van der Waals surface area contributed by atoms with Gasteiger partial charge in [-0.15, -0.1) is 0 Å². The van der Waals surface area contributed by atoms with Crippen LogP contribution in [0.1, 0.15) is 29.5 Å². The molecule has 44 heavy (non-hydrogen) atoms. The first-order valence-corrected chi connectivity index (χ1v) is 13.6. The van der Waals surface area contributed by atoms with Gasteiger partial charge in [0.05, 0.1) is 12.2 Å². The standard InChI is InChI=1S/C31H31N3O3.C2HF3O2/c32-21-26-14-9-15-27(20-26)37-29-17-8-7-16-28(29)34(23-25-12-5-2-6-13-25)31(36)19-18-30(35)33-22-24-10-3-1-4-11-24;3-2(4,5)1(6)7/h1-17,20H,18-19,21-23,32H2,(H,33,35);(H,6,7). The summed E-state index contributed by atoms with van der Waals surface area (Å²) in [6.45, 7) is 1.19. The van der Waals surface area contributed by atoms with Crippen LogP contribution in [0.4, 0.5) is 18.9 Å². The number of nitrogens with two attached hydrogens (primary N) is 1. The second kappa shape index (κ2) is 16.5. The largest absolute Gasteiger partial charge is 0.490 e. The number of hydrogen-bond acceptors (Lipinski definition) is 5. The fourth-order valence-corrected chi connectivity index (χ4v) is 3.94. The van der Waals surface area contributed by atoms with Gasteiger partial charge in [-0.2, -0.15) is 13.2 Å². The van der Waals surface area contributed by atoms with Crippen LogP contribution < -0.4 is 20.7 Å². The van der Waals surface area contributed by atoms with Crippen molar-refractivity contribution < 1.29 is 37.4 Å². The number of alkyl halides is 3. The van der Waals surface area contributed by atoms with Crippen LogP contribution in [0.15, 0.2) is 109 Å². The van der Waals surface area contributed by atoms with Crippen molar-refractivity contribution in [3.63, 3.8) is 0 Å². The maximum absolute atomic E-state index is 13.5. The average molecular weight is 608 g/mol. The summed E-state index contributed by atoms with van der Waals surface area (Å²) in [7, 11) is 0. The van der Waals surface area contributed by atoms with Gasteiger partial charge >= 0.3 is 12.1 Å². The lowest BCUT2D eigenvalue weighted by Crippen LogP contribution is -2.32. The summed E-state index contributed by atoms with van der Waals surface area (Å²) in [5.41, 5.74) is 9.37. The van der Waals surface area contributed by atoms with E-state index in [2.05, 4.69) is 5.32 Å². The van der Waals surface area contributed by atoms with Crippen LogP contribution in [0.5, 0.6) is 11.5 Å². The number of hydrogen-bond donors (Lipinski definition) is 3. The Morgan fingerprint density at radius 3 is 1.95 bits per heavy atom. The molecule has 0 unspecified atom stereocenters. The first-order chi connectivity index (χ1) is 21.1. The second-order valence-corrected chi connectivity index (χ2v) is 9.45. The van der Waals surface area contributed by atoms with E-state index in [1.54, 1.807) is 4.90 Å². The van der Waals surface area contributed by atoms with Gasteiger partial charge in [-0.1, -0.05) is 84.9 Å². The first-order valence-electron chi connectivity index (χ1n) is 13.6. The average Bonchev–Trinajstić information content (AvgIpc) is 3.03. The van der Waals surface area contributed by atoms with Crippen LogP contribution in [-0.4, -0.2) is 29.1 Å². The summed E-state index contributed by atoms with van der Waals surface area (Å²) in [5, 5.41) is 10.0. The number of carbonyl (C=O) groups excluding carboxylic acids is 2. The van der Waals surface area contributed by atoms with Gasteiger partial charge in [0.2, 0.25) is 11.8 Å². The molecular formula is C33H32F3N3O5. The Hall–Kier alpha value is -5.16. The van der Waals surface area contributed by atoms with Gasteiger partial charge < -0.3 is 25.8 Å². The van der Waals surface area contributed by atoms with Crippen molar-refractivity contribution in [1.82, 2.24) is 5.32 Å². The third-order valence-electron chi connectivity index (χ3n) is 6.14. The summed E-state index contributed by atoms with van der Waals surface area (Å²) < 4.78 is 37.9. The first kappa shape index (κ1) is 33.3. The number of carbonyl (C=O) groups is 3. The summed E-state index contributed by atoms with van der Waals surface area (Å²) in [6.07, 6.45) is -4.91. The quantitative estimate of drug-likeness (QED) is 0.187. The lowest BCUT2D eigenvalue weighted by Gasteiger charge is -2.25. The highest BCUT2D eigenvalue weighted by atomic mass is 19.4. The van der Waals surface area contributed by atoms with Crippen LogP contribution >= 0.6 is 0 Å². The Morgan fingerprint density at radius 2 is 1.34 bits per heavy atom. The third kappa shape index (κ3) is 10.9. The fourth-order valence-electron chi connectivity index (χ4n) is 3.94. The molecule has 11 heteroatoms. The van der Waals surface area contributed by atoms with E-state index in [-0.39, 0.29) is 24.7 Å². The Kier molecular flexibility index (Phi) is 12.5. The van der Waals surface area contributed by atoms with E-state index in [4.69, 9.17) is 20.4 Å². The minimum absolute atomic E-state index is 0.0739. The van der Waals surface area contributed by atoms with E-state index in [0.29, 0.717) is 36.8 Å². The Labute approximate surface area is 252 Å². The molecule has 0 bridgehead atoms. The minimum Gasteiger partial charge on any atom is -0.475 e. The molecular weight excluding hydrogens is 575 g/mol. The zero-order valence-electron chi connectivity index (χ0n) is 23.7. The molecule has 0 fully saturated rings. The summed E-state index contributed by atoms with van der Waals surface area (Å²) >= 11 is 0. The lowest BCUT2D eigenvalue weighted by atomic mass is 10.1. The molecule has 0 aliphatic carbocycles. The molecule has 0 aromatic heterocycles. The van der Waals surface area contributed by atoms with Gasteiger partial charge in [0.15, 0.2) is 5.75 Å².